The van der Waals surface area contributed by atoms with Crippen LogP contribution in [0, 0.1) is 5.92 Å². The van der Waals surface area contributed by atoms with Crippen LogP contribution in [0.1, 0.15) is 35.4 Å². The lowest BCUT2D eigenvalue weighted by Crippen LogP contribution is -2.17. The van der Waals surface area contributed by atoms with Crippen molar-refractivity contribution >= 4 is 23.0 Å². The number of aliphatic imine (C=N–C) groups is 1. The van der Waals surface area contributed by atoms with Gasteiger partial charge in [0.25, 0.3) is 0 Å². The average Bonchev–Trinajstić information content (AvgIpc) is 3.07. The van der Waals surface area contributed by atoms with Gasteiger partial charge in [0.2, 0.25) is 11.7 Å². The quantitative estimate of drug-likeness (QED) is 0.329. The smallest absolute Gasteiger partial charge is 0.238 e. The number of H-pyrrole nitrogens is 1. The molecule has 32 heavy (non-hydrogen) atoms. The molecule has 2 aromatic carbocycles. The van der Waals surface area contributed by atoms with Crippen LogP contribution in [0.25, 0.3) is 11.0 Å². The Morgan fingerprint density at radius 1 is 1.19 bits per heavy atom. The number of nitrogens with two attached hydrogens (primary N) is 1. The SMILES string of the molecule is C=C/C=N\C(Oc1ccc(C(=O)c2nc3ccccc3[nH]2)cc1)=C(/N)[C@H]1CCCOCC1. The molecule has 2 heterocycles. The standard InChI is InChI=1S/C25H26N4O3/c1-2-14-27-25(22(26)17-6-5-15-31-16-13-17)32-19-11-9-18(10-12-19)23(30)24-28-20-7-3-4-8-21(20)29-24/h2-4,7-12,14,17H,1,5-6,13,15-16,26H2,(H,28,29)/b25-22+,27-14-/t17-/m0/s1. The molecule has 1 fully saturated rings. The summed E-state index contributed by atoms with van der Waals surface area (Å²) < 4.78 is 11.5. The fourth-order valence-corrected chi connectivity index (χ4v) is 3.65. The number of nitrogens with zero attached hydrogens (tertiary/aromatic N) is 2. The molecule has 164 valence electrons. The van der Waals surface area contributed by atoms with Crippen molar-refractivity contribution in [1.29, 1.82) is 0 Å². The van der Waals surface area contributed by atoms with Crippen molar-refractivity contribution in [1.82, 2.24) is 9.97 Å². The third-order valence-corrected chi connectivity index (χ3v) is 5.37. The maximum absolute atomic E-state index is 12.8. The highest BCUT2D eigenvalue weighted by molar-refractivity contribution is 6.08. The van der Waals surface area contributed by atoms with E-state index in [1.54, 1.807) is 36.6 Å². The van der Waals surface area contributed by atoms with E-state index in [1.165, 1.54) is 0 Å². The summed E-state index contributed by atoms with van der Waals surface area (Å²) >= 11 is 0. The zero-order chi connectivity index (χ0) is 22.3. The fraction of sp³-hybridized carbons (Fsp3) is 0.240. The van der Waals surface area contributed by atoms with Gasteiger partial charge in [-0.25, -0.2) is 9.98 Å². The number of para-hydroxylation sites is 2. The summed E-state index contributed by atoms with van der Waals surface area (Å²) in [5, 5.41) is 0. The molecule has 3 aromatic rings. The molecule has 0 radical (unpaired) electrons. The number of ether oxygens (including phenoxy) is 2. The first-order valence-electron chi connectivity index (χ1n) is 10.7. The number of carbonyl (C=O) groups is 1. The molecule has 0 unspecified atom stereocenters. The van der Waals surface area contributed by atoms with Gasteiger partial charge in [-0.05, 0) is 55.7 Å². The molecule has 7 heteroatoms. The molecule has 3 N–H and O–H groups in total. The van der Waals surface area contributed by atoms with Crippen molar-refractivity contribution in [2.24, 2.45) is 16.6 Å². The van der Waals surface area contributed by atoms with Crippen molar-refractivity contribution in [3.63, 3.8) is 0 Å². The van der Waals surface area contributed by atoms with Crippen LogP contribution in [0.2, 0.25) is 0 Å². The summed E-state index contributed by atoms with van der Waals surface area (Å²) in [6.45, 7) is 5.08. The number of allylic oxidation sites excluding steroid dienone is 2. The van der Waals surface area contributed by atoms with Gasteiger partial charge in [-0.15, -0.1) is 0 Å². The van der Waals surface area contributed by atoms with E-state index in [1.807, 2.05) is 24.3 Å². The van der Waals surface area contributed by atoms with Crippen LogP contribution >= 0.6 is 0 Å². The van der Waals surface area contributed by atoms with Crippen LogP contribution < -0.4 is 10.5 Å². The van der Waals surface area contributed by atoms with E-state index in [4.69, 9.17) is 15.2 Å². The molecular weight excluding hydrogens is 404 g/mol. The molecule has 0 bridgehead atoms. The third-order valence-electron chi connectivity index (χ3n) is 5.37. The van der Waals surface area contributed by atoms with Gasteiger partial charge in [0.05, 0.1) is 16.7 Å². The Kier molecular flexibility index (Phi) is 6.77. The second kappa shape index (κ2) is 10.1. The minimum Gasteiger partial charge on any atom is -0.437 e. The van der Waals surface area contributed by atoms with E-state index in [2.05, 4.69) is 21.5 Å². The molecular formula is C25H26N4O3. The number of hydrogen-bond acceptors (Lipinski definition) is 6. The predicted octanol–water partition coefficient (Wildman–Crippen LogP) is 4.37. The second-order valence-electron chi connectivity index (χ2n) is 7.57. The van der Waals surface area contributed by atoms with Crippen LogP contribution in [0.3, 0.4) is 0 Å². The Balaban J connectivity index is 1.53. The number of aromatic amines is 1. The van der Waals surface area contributed by atoms with Crippen molar-refractivity contribution < 1.29 is 14.3 Å². The number of fused-ring (bicyclic) bond motifs is 1. The first kappa shape index (κ1) is 21.5. The lowest BCUT2D eigenvalue weighted by Gasteiger charge is -2.17. The van der Waals surface area contributed by atoms with Gasteiger partial charge in [-0.3, -0.25) is 4.79 Å². The number of carbonyl (C=O) groups excluding carboxylic acids is 1. The van der Waals surface area contributed by atoms with Crippen molar-refractivity contribution in [3.8, 4) is 5.75 Å². The summed E-state index contributed by atoms with van der Waals surface area (Å²) in [5.41, 5.74) is 9.10. The number of rotatable bonds is 7. The molecule has 7 nitrogen and oxygen atoms in total. The number of benzene rings is 2. The Morgan fingerprint density at radius 2 is 2.00 bits per heavy atom. The highest BCUT2D eigenvalue weighted by Crippen LogP contribution is 2.26. The molecule has 1 aromatic heterocycles. The minimum absolute atomic E-state index is 0.142. The van der Waals surface area contributed by atoms with Gasteiger partial charge in [-0.1, -0.05) is 24.8 Å². The maximum Gasteiger partial charge on any atom is 0.238 e. The first-order chi connectivity index (χ1) is 15.7. The van der Waals surface area contributed by atoms with Crippen LogP contribution in [-0.2, 0) is 4.74 Å². The topological polar surface area (TPSA) is 103 Å². The Bertz CT molecular complexity index is 1120. The van der Waals surface area contributed by atoms with Crippen LogP contribution in [0.5, 0.6) is 5.75 Å². The van der Waals surface area contributed by atoms with Gasteiger partial charge < -0.3 is 20.2 Å². The number of ketones is 1. The number of hydrogen-bond donors (Lipinski definition) is 2. The molecule has 0 saturated carbocycles. The Morgan fingerprint density at radius 3 is 2.78 bits per heavy atom. The molecule has 1 aliphatic heterocycles. The van der Waals surface area contributed by atoms with E-state index in [0.29, 0.717) is 35.3 Å². The Hall–Kier alpha value is -3.71. The van der Waals surface area contributed by atoms with Crippen molar-refractivity contribution in [3.05, 3.63) is 84.2 Å². The second-order valence-corrected chi connectivity index (χ2v) is 7.57. The van der Waals surface area contributed by atoms with Gasteiger partial charge in [0.15, 0.2) is 5.82 Å². The van der Waals surface area contributed by atoms with E-state index >= 15 is 0 Å². The molecule has 0 aliphatic carbocycles. The molecule has 0 spiro atoms. The third kappa shape index (κ3) is 4.95. The van der Waals surface area contributed by atoms with Crippen molar-refractivity contribution in [2.75, 3.05) is 13.2 Å². The van der Waals surface area contributed by atoms with Crippen LogP contribution in [0.4, 0.5) is 0 Å². The summed E-state index contributed by atoms with van der Waals surface area (Å²) in [4.78, 5) is 24.6. The summed E-state index contributed by atoms with van der Waals surface area (Å²) in [7, 11) is 0. The van der Waals surface area contributed by atoms with Gasteiger partial charge in [0.1, 0.15) is 5.75 Å². The number of aromatic nitrogens is 2. The van der Waals surface area contributed by atoms with Gasteiger partial charge in [0, 0.05) is 30.9 Å². The number of imidazole rings is 1. The molecule has 1 atom stereocenters. The highest BCUT2D eigenvalue weighted by atomic mass is 16.5. The number of nitrogens with one attached hydrogen (secondary N) is 1. The zero-order valence-electron chi connectivity index (χ0n) is 17.8. The summed E-state index contributed by atoms with van der Waals surface area (Å²) in [6.07, 6.45) is 5.82. The fourth-order valence-electron chi connectivity index (χ4n) is 3.65. The monoisotopic (exact) mass is 430 g/mol. The Labute approximate surface area is 186 Å². The zero-order valence-corrected chi connectivity index (χ0v) is 17.8. The highest BCUT2D eigenvalue weighted by Gasteiger charge is 2.20. The largest absolute Gasteiger partial charge is 0.437 e. The van der Waals surface area contributed by atoms with E-state index < -0.39 is 0 Å². The lowest BCUT2D eigenvalue weighted by molar-refractivity contribution is 0.103. The van der Waals surface area contributed by atoms with Crippen molar-refractivity contribution in [2.45, 2.75) is 19.3 Å². The average molecular weight is 431 g/mol. The summed E-state index contributed by atoms with van der Waals surface area (Å²) in [5.74, 6) is 1.13. The van der Waals surface area contributed by atoms with E-state index in [0.717, 1.165) is 36.9 Å². The molecule has 0 amide bonds. The summed E-state index contributed by atoms with van der Waals surface area (Å²) in [6, 6.07) is 14.4. The van der Waals surface area contributed by atoms with E-state index in [-0.39, 0.29) is 11.7 Å². The van der Waals surface area contributed by atoms with Crippen LogP contribution in [-0.4, -0.2) is 35.2 Å². The molecule has 4 rings (SSSR count). The normalized spacial score (nSPS) is 17.7. The first-order valence-corrected chi connectivity index (χ1v) is 10.7. The van der Waals surface area contributed by atoms with Crippen LogP contribution in [0.15, 0.2) is 77.8 Å². The maximum atomic E-state index is 12.8. The lowest BCUT2D eigenvalue weighted by atomic mass is 9.97. The van der Waals surface area contributed by atoms with Gasteiger partial charge >= 0.3 is 0 Å². The van der Waals surface area contributed by atoms with E-state index in [9.17, 15) is 4.79 Å². The predicted molar refractivity (Wildman–Crippen MR) is 125 cm³/mol. The van der Waals surface area contributed by atoms with Gasteiger partial charge in [-0.2, -0.15) is 0 Å². The molecule has 1 aliphatic rings. The molecule has 1 saturated heterocycles. The minimum atomic E-state index is -0.189.